The summed E-state index contributed by atoms with van der Waals surface area (Å²) in [5.41, 5.74) is 1.78. The predicted molar refractivity (Wildman–Crippen MR) is 54.5 cm³/mol. The van der Waals surface area contributed by atoms with Gasteiger partial charge in [-0.15, -0.1) is 0 Å². The van der Waals surface area contributed by atoms with Crippen molar-refractivity contribution in [3.05, 3.63) is 23.3 Å². The van der Waals surface area contributed by atoms with E-state index in [4.69, 9.17) is 20.2 Å². The van der Waals surface area contributed by atoms with E-state index in [2.05, 4.69) is 0 Å². The van der Waals surface area contributed by atoms with Crippen molar-refractivity contribution in [2.24, 2.45) is 0 Å². The van der Waals surface area contributed by atoms with E-state index in [-0.39, 0.29) is 10.6 Å². The first-order valence-corrected chi connectivity index (χ1v) is 6.55. The van der Waals surface area contributed by atoms with Crippen LogP contribution in [0.1, 0.15) is 11.1 Å². The second-order valence-electron chi connectivity index (χ2n) is 3.20. The van der Waals surface area contributed by atoms with Crippen molar-refractivity contribution >= 4 is 19.7 Å². The third kappa shape index (κ3) is 1.95. The number of ether oxygens (including phenoxy) is 2. The fraction of sp³-hybridized carbons (Fsp3) is 0.333. The third-order valence-electron chi connectivity index (χ3n) is 2.26. The fourth-order valence-electron chi connectivity index (χ4n) is 1.53. The zero-order valence-electron chi connectivity index (χ0n) is 7.99. The number of hydrogen-bond donors (Lipinski definition) is 0. The molecule has 0 radical (unpaired) electrons. The number of methoxy groups -OCH3 is 1. The van der Waals surface area contributed by atoms with Gasteiger partial charge in [0, 0.05) is 10.7 Å². The zero-order valence-corrected chi connectivity index (χ0v) is 9.56. The Morgan fingerprint density at radius 3 is 2.47 bits per heavy atom. The van der Waals surface area contributed by atoms with Crippen LogP contribution in [0.15, 0.2) is 17.0 Å². The Morgan fingerprint density at radius 1 is 1.33 bits per heavy atom. The first-order chi connectivity index (χ1) is 7.02. The van der Waals surface area contributed by atoms with E-state index in [1.807, 2.05) is 0 Å². The normalized spacial score (nSPS) is 15.1. The van der Waals surface area contributed by atoms with Crippen molar-refractivity contribution in [1.82, 2.24) is 0 Å². The molecule has 0 N–H and O–H groups in total. The lowest BCUT2D eigenvalue weighted by atomic mass is 10.1. The van der Waals surface area contributed by atoms with Gasteiger partial charge in [-0.05, 0) is 23.3 Å². The van der Waals surface area contributed by atoms with E-state index in [0.29, 0.717) is 13.2 Å². The molecule has 0 aromatic heterocycles. The summed E-state index contributed by atoms with van der Waals surface area (Å²) in [6.07, 6.45) is 0. The smallest absolute Gasteiger partial charge is 0.264 e. The van der Waals surface area contributed by atoms with Crippen LogP contribution in [0.3, 0.4) is 0 Å². The van der Waals surface area contributed by atoms with Crippen molar-refractivity contribution in [2.75, 3.05) is 7.11 Å². The molecule has 1 aliphatic heterocycles. The molecule has 1 heterocycles. The van der Waals surface area contributed by atoms with Crippen molar-refractivity contribution in [2.45, 2.75) is 18.1 Å². The van der Waals surface area contributed by atoms with Gasteiger partial charge in [0.15, 0.2) is 0 Å². The molecule has 1 aromatic carbocycles. The molecule has 82 valence electrons. The highest BCUT2D eigenvalue weighted by atomic mass is 35.7. The summed E-state index contributed by atoms with van der Waals surface area (Å²) >= 11 is 0. The molecule has 1 aromatic rings. The fourth-order valence-corrected chi connectivity index (χ4v) is 2.56. The van der Waals surface area contributed by atoms with Crippen LogP contribution < -0.4 is 4.74 Å². The van der Waals surface area contributed by atoms with Crippen LogP contribution in [0, 0.1) is 0 Å². The Kier molecular flexibility index (Phi) is 2.62. The molecule has 0 bridgehead atoms. The van der Waals surface area contributed by atoms with E-state index in [0.717, 1.165) is 11.1 Å². The summed E-state index contributed by atoms with van der Waals surface area (Å²) in [6.45, 7) is 0.896. The zero-order chi connectivity index (χ0) is 11.1. The van der Waals surface area contributed by atoms with Gasteiger partial charge in [-0.3, -0.25) is 0 Å². The van der Waals surface area contributed by atoms with Crippen LogP contribution in [-0.4, -0.2) is 15.5 Å². The van der Waals surface area contributed by atoms with E-state index >= 15 is 0 Å². The molecule has 0 aliphatic carbocycles. The Hall–Kier alpha value is -0.780. The van der Waals surface area contributed by atoms with Gasteiger partial charge in [0.1, 0.15) is 10.6 Å². The Labute approximate surface area is 92.2 Å². The number of benzene rings is 1. The molecule has 1 aliphatic rings. The lowest BCUT2D eigenvalue weighted by Crippen LogP contribution is -1.98. The minimum atomic E-state index is -3.78. The van der Waals surface area contributed by atoms with Gasteiger partial charge in [-0.2, -0.15) is 0 Å². The van der Waals surface area contributed by atoms with Crippen molar-refractivity contribution in [3.63, 3.8) is 0 Å². The minimum absolute atomic E-state index is 0.00378. The Balaban J connectivity index is 2.64. The lowest BCUT2D eigenvalue weighted by Gasteiger charge is -2.07. The quantitative estimate of drug-likeness (QED) is 0.747. The highest BCUT2D eigenvalue weighted by molar-refractivity contribution is 8.13. The number of fused-ring (bicyclic) bond motifs is 1. The molecule has 0 saturated carbocycles. The first kappa shape index (κ1) is 10.7. The molecule has 0 amide bonds. The predicted octanol–water partition coefficient (Wildman–Crippen LogP) is 1.65. The van der Waals surface area contributed by atoms with Gasteiger partial charge in [0.2, 0.25) is 0 Å². The maximum Gasteiger partial charge on any atom is 0.264 e. The molecular formula is C9H9ClO4S. The van der Waals surface area contributed by atoms with Crippen molar-refractivity contribution in [3.8, 4) is 5.75 Å². The van der Waals surface area contributed by atoms with Crippen LogP contribution in [0.5, 0.6) is 5.75 Å². The number of halogens is 1. The number of hydrogen-bond acceptors (Lipinski definition) is 4. The van der Waals surface area contributed by atoms with Gasteiger partial charge in [0.05, 0.1) is 20.3 Å². The van der Waals surface area contributed by atoms with Gasteiger partial charge in [0.25, 0.3) is 9.05 Å². The third-order valence-corrected chi connectivity index (χ3v) is 3.61. The van der Waals surface area contributed by atoms with Gasteiger partial charge in [-0.1, -0.05) is 0 Å². The summed E-state index contributed by atoms with van der Waals surface area (Å²) in [6, 6.07) is 3.15. The van der Waals surface area contributed by atoms with E-state index in [1.54, 1.807) is 6.07 Å². The minimum Gasteiger partial charge on any atom is -0.495 e. The van der Waals surface area contributed by atoms with Crippen molar-refractivity contribution < 1.29 is 17.9 Å². The standard InChI is InChI=1S/C9H9ClO4S/c1-13-8-2-6-4-14-5-7(6)3-9(8)15(10,11)12/h2-3H,4-5H2,1H3. The molecule has 0 saturated heterocycles. The topological polar surface area (TPSA) is 52.6 Å². The largest absolute Gasteiger partial charge is 0.495 e. The molecular weight excluding hydrogens is 240 g/mol. The first-order valence-electron chi connectivity index (χ1n) is 4.24. The molecule has 0 atom stereocenters. The monoisotopic (exact) mass is 248 g/mol. The van der Waals surface area contributed by atoms with Crippen molar-refractivity contribution in [1.29, 1.82) is 0 Å². The molecule has 2 rings (SSSR count). The average Bonchev–Trinajstić information content (AvgIpc) is 2.60. The van der Waals surface area contributed by atoms with Gasteiger partial charge >= 0.3 is 0 Å². The summed E-state index contributed by atoms with van der Waals surface area (Å²) in [5, 5.41) is 0. The molecule has 0 unspecified atom stereocenters. The molecule has 0 spiro atoms. The highest BCUT2D eigenvalue weighted by Crippen LogP contribution is 2.33. The summed E-state index contributed by atoms with van der Waals surface area (Å²) in [7, 11) is 2.93. The Morgan fingerprint density at radius 2 is 1.93 bits per heavy atom. The summed E-state index contributed by atoms with van der Waals surface area (Å²) < 4.78 is 32.7. The lowest BCUT2D eigenvalue weighted by molar-refractivity contribution is 0.134. The SMILES string of the molecule is COc1cc2c(cc1S(=O)(=O)Cl)COC2. The second-order valence-corrected chi connectivity index (χ2v) is 5.74. The van der Waals surface area contributed by atoms with Crippen LogP contribution in [0.2, 0.25) is 0 Å². The molecule has 0 fully saturated rings. The van der Waals surface area contributed by atoms with Crippen LogP contribution >= 0.6 is 10.7 Å². The Bertz CT molecular complexity index is 495. The molecule has 6 heteroatoms. The van der Waals surface area contributed by atoms with Crippen LogP contribution in [0.4, 0.5) is 0 Å². The second kappa shape index (κ2) is 3.66. The van der Waals surface area contributed by atoms with Gasteiger partial charge < -0.3 is 9.47 Å². The summed E-state index contributed by atoms with van der Waals surface area (Å²) in [5.74, 6) is 0.259. The maximum atomic E-state index is 11.3. The maximum absolute atomic E-state index is 11.3. The number of rotatable bonds is 2. The van der Waals surface area contributed by atoms with E-state index in [1.165, 1.54) is 13.2 Å². The average molecular weight is 249 g/mol. The van der Waals surface area contributed by atoms with Crippen LogP contribution in [-0.2, 0) is 27.0 Å². The molecule has 15 heavy (non-hydrogen) atoms. The summed E-state index contributed by atoms with van der Waals surface area (Å²) in [4.78, 5) is -0.00378. The van der Waals surface area contributed by atoms with E-state index < -0.39 is 9.05 Å². The van der Waals surface area contributed by atoms with Gasteiger partial charge in [-0.25, -0.2) is 8.42 Å². The highest BCUT2D eigenvalue weighted by Gasteiger charge is 2.22. The van der Waals surface area contributed by atoms with Crippen LogP contribution in [0.25, 0.3) is 0 Å². The van der Waals surface area contributed by atoms with E-state index in [9.17, 15) is 8.42 Å². The molecule has 4 nitrogen and oxygen atoms in total.